The van der Waals surface area contributed by atoms with Gasteiger partial charge < -0.3 is 106 Å². The van der Waals surface area contributed by atoms with Crippen molar-refractivity contribution < 1.29 is 98.7 Å². The number of aromatic nitrogens is 6. The largest absolute Gasteiger partial charge is 0.756 e. The number of carbonyl (C=O) groups excluding carboxylic acids is 7. The molecule has 3 saturated heterocycles. The van der Waals surface area contributed by atoms with Crippen LogP contribution in [-0.2, 0) is 73.4 Å². The molecule has 0 spiro atoms. The molecule has 1 radical (unpaired) electrons. The van der Waals surface area contributed by atoms with Crippen molar-refractivity contribution in [2.75, 3.05) is 18.9 Å². The van der Waals surface area contributed by atoms with Gasteiger partial charge in [0, 0.05) is 131 Å². The van der Waals surface area contributed by atoms with Gasteiger partial charge in [-0.2, -0.15) is 5.70 Å². The molecule has 0 saturated carbocycles. The molecule has 3 fully saturated rings. The van der Waals surface area contributed by atoms with Gasteiger partial charge in [-0.15, -0.1) is 0 Å². The predicted molar refractivity (Wildman–Crippen MR) is 393 cm³/mol. The number of nitrogens with two attached hydrogens (primary N) is 7. The van der Waals surface area contributed by atoms with Gasteiger partial charge in [0.2, 0.25) is 41.4 Å². The van der Waals surface area contributed by atoms with Gasteiger partial charge in [0.1, 0.15) is 36.3 Å². The Morgan fingerprint density at radius 1 is 0.734 bits per heavy atom. The van der Waals surface area contributed by atoms with Crippen molar-refractivity contribution in [3.05, 3.63) is 88.8 Å². The number of aliphatic hydroxyl groups is 4. The molecule has 10 heterocycles. The molecule has 11 rings (SSSR count). The van der Waals surface area contributed by atoms with E-state index in [-0.39, 0.29) is 99.8 Å². The number of phosphoric ester groups is 1. The molecule has 7 aliphatic rings. The average molecular weight is 1580 g/mol. The summed E-state index contributed by atoms with van der Waals surface area (Å²) in [6, 6.07) is 2.65. The van der Waals surface area contributed by atoms with Crippen LogP contribution in [-0.4, -0.2) is 175 Å². The standard InChI is InChI=1S/C62H90N13O14P.C10H12N5O3.Co/c1-29-20-39-40(21-30(29)2)75(28-70-39)57-52(84)53(41(27-76)87-57)89-90(85,86)88-31(3)26-69-49(83)18-19-59(8)37(22-46(66)80)56-62(11)61(10,25-48(68)82)36(14-17-45(65)79)51(74-62)33(5)55-60(9,24-47(67)81)34(12-15-43(63)77)38(71-55)23-42-58(6,7)35(13-16-44(64)78)50(72-42)32(4)54(59)73-56;1-4-6(16)7(17)10(18-4)15-3-14-5-8(11)12-2-13-9(5)15;/h20-21,23,28,31,34-37,41,52-53,56-57,76,84H,12-19,22,24-27H2,1-11H3,(H15,63,64,65,66,67,68,69,71,72,73,74,77,78,79,80,81,82,83,85,86);2-4,6-7,10,16-17H,1H2,(H2,11,12,13);/q;-1;/p-2/t31?,34?,35?,36?,37?,41-,52?,53-,56?,57?,59?,60?,61?,62?;;/m1../s1. The predicted octanol–water partition coefficient (Wildman–Crippen LogP) is 2.17. The fraction of sp³-hybridized carbons (Fsp3) is 0.597. The molecule has 4 aromatic rings. The SMILES string of the molecule is C/C1=C2/[N-]C(C)(C3N=C(/C(C)=C4N=C(/C=C5N=C1C(C)(CC(N)=O)C\5CCC(N)=O)C(C)(C)C/4CCC(N)=O)C(C)(CCC(=O)NCC(C)OP(=O)([O-])O[C@H]1C(O)C(n4cnc5cc(C)c(C)cc54)O[C@@H]1CO)C3CC(N)=O)C(C)(CC(N)=O)C2CCC(N)=O.[CH2-]C1OC(n2cnc3c(N)ncnc32)C(O)C1O.[Co]. The van der Waals surface area contributed by atoms with Crippen molar-refractivity contribution in [1.82, 2.24) is 34.4 Å². The molecule has 35 nitrogen and oxygen atoms in total. The van der Waals surface area contributed by atoms with Crippen LogP contribution in [0.2, 0.25) is 0 Å². The van der Waals surface area contributed by atoms with Crippen LogP contribution in [0.5, 0.6) is 0 Å². The summed E-state index contributed by atoms with van der Waals surface area (Å²) in [4.78, 5) is 140. The van der Waals surface area contributed by atoms with Crippen LogP contribution in [0.3, 0.4) is 0 Å². The monoisotopic (exact) mass is 1580 g/mol. The van der Waals surface area contributed by atoms with Crippen LogP contribution in [0.15, 0.2) is 80.4 Å². The number of phosphoric acid groups is 1. The number of aliphatic imine (C=N–C) groups is 3. The second-order valence-corrected chi connectivity index (χ2v) is 32.4. The van der Waals surface area contributed by atoms with Crippen molar-refractivity contribution in [3.8, 4) is 0 Å². The summed E-state index contributed by atoms with van der Waals surface area (Å²) in [6.07, 6.45) is -5.69. The fourth-order valence-electron chi connectivity index (χ4n) is 17.3. The number of carbonyl (C=O) groups is 7. The summed E-state index contributed by atoms with van der Waals surface area (Å²) >= 11 is 0. The summed E-state index contributed by atoms with van der Waals surface area (Å²) in [5.41, 5.74) is 43.2. The van der Waals surface area contributed by atoms with E-state index in [0.29, 0.717) is 67.6 Å². The maximum atomic E-state index is 14.4. The van der Waals surface area contributed by atoms with E-state index in [4.69, 9.17) is 79.0 Å². The number of anilines is 1. The van der Waals surface area contributed by atoms with Crippen LogP contribution in [0.25, 0.3) is 27.5 Å². The van der Waals surface area contributed by atoms with E-state index in [0.717, 1.165) is 11.1 Å². The number of primary amides is 6. The Kier molecular flexibility index (Phi) is 25.0. The zero-order valence-electron chi connectivity index (χ0n) is 62.8. The molecule has 3 aromatic heterocycles. The molecule has 19 N–H and O–H groups in total. The van der Waals surface area contributed by atoms with Crippen LogP contribution >= 0.6 is 7.82 Å². The molecule has 1 aromatic carbocycles. The number of amides is 7. The molecule has 37 heteroatoms. The van der Waals surface area contributed by atoms with Gasteiger partial charge in [-0.1, -0.05) is 47.1 Å². The number of fused-ring (bicyclic) bond motifs is 8. The molecule has 109 heavy (non-hydrogen) atoms. The Labute approximate surface area is 640 Å². The topological polar surface area (TPSA) is 584 Å². The quantitative estimate of drug-likeness (QED) is 0.0301. The molecular weight excluding hydrogens is 1480 g/mol. The number of rotatable bonds is 27. The minimum atomic E-state index is -5.32. The van der Waals surface area contributed by atoms with Gasteiger partial charge in [-0.3, -0.25) is 57.7 Å². The van der Waals surface area contributed by atoms with E-state index < -0.39 is 168 Å². The molecule has 7 amide bonds. The molecule has 597 valence electrons. The maximum absolute atomic E-state index is 14.4. The van der Waals surface area contributed by atoms with E-state index in [1.807, 2.05) is 80.5 Å². The van der Waals surface area contributed by atoms with Crippen LogP contribution in [0, 0.1) is 66.1 Å². The number of imidazole rings is 2. The molecule has 19 atom stereocenters. The maximum Gasteiger partial charge on any atom is 0.268 e. The van der Waals surface area contributed by atoms with Crippen LogP contribution in [0.4, 0.5) is 5.82 Å². The number of aryl methyl sites for hydroxylation is 2. The summed E-state index contributed by atoms with van der Waals surface area (Å²) in [7, 11) is -5.32. The van der Waals surface area contributed by atoms with Crippen LogP contribution < -0.4 is 50.3 Å². The Bertz CT molecular complexity index is 4520. The minimum Gasteiger partial charge on any atom is -0.756 e. The summed E-state index contributed by atoms with van der Waals surface area (Å²) < 4.78 is 38.8. The van der Waals surface area contributed by atoms with Crippen molar-refractivity contribution in [3.63, 3.8) is 0 Å². The first-order valence-electron chi connectivity index (χ1n) is 35.9. The summed E-state index contributed by atoms with van der Waals surface area (Å²) in [6.45, 7) is 22.6. The van der Waals surface area contributed by atoms with Gasteiger partial charge in [-0.25, -0.2) is 19.9 Å². The smallest absolute Gasteiger partial charge is 0.268 e. The third-order valence-corrected chi connectivity index (χ3v) is 24.6. The second kappa shape index (κ2) is 32.2. The number of ether oxygens (including phenoxy) is 2. The van der Waals surface area contributed by atoms with Gasteiger partial charge in [0.05, 0.1) is 42.5 Å². The van der Waals surface area contributed by atoms with Gasteiger partial charge in [0.15, 0.2) is 23.9 Å². The molecule has 7 aliphatic heterocycles. The molecule has 8 bridgehead atoms. The van der Waals surface area contributed by atoms with E-state index in [9.17, 15) is 63.4 Å². The second-order valence-electron chi connectivity index (χ2n) is 31.1. The summed E-state index contributed by atoms with van der Waals surface area (Å²) in [5, 5.41) is 49.6. The first-order valence-corrected chi connectivity index (χ1v) is 37.3. The molecule has 17 unspecified atom stereocenters. The third kappa shape index (κ3) is 16.3. The van der Waals surface area contributed by atoms with Crippen molar-refractivity contribution in [2.45, 2.75) is 214 Å². The number of nitrogens with zero attached hydrogens (tertiary/aromatic N) is 10. The van der Waals surface area contributed by atoms with Gasteiger partial charge in [-0.05, 0) is 124 Å². The Balaban J connectivity index is 0.000000623. The fourth-order valence-corrected chi connectivity index (χ4v) is 18.5. The zero-order valence-corrected chi connectivity index (χ0v) is 64.8. The Morgan fingerprint density at radius 2 is 1.34 bits per heavy atom. The Morgan fingerprint density at radius 3 is 1.94 bits per heavy atom. The zero-order chi connectivity index (χ0) is 79.6. The average Bonchev–Trinajstić information content (AvgIpc) is 1.53. The summed E-state index contributed by atoms with van der Waals surface area (Å²) in [5.74, 6) is -7.16. The number of aliphatic hydroxyl groups excluding tert-OH is 4. The normalized spacial score (nSPS) is 33.6. The number of benzene rings is 1. The first-order chi connectivity index (χ1) is 50.4. The van der Waals surface area contributed by atoms with E-state index in [1.165, 1.54) is 35.0 Å². The van der Waals surface area contributed by atoms with Crippen molar-refractivity contribution in [2.24, 2.45) is 94.7 Å². The number of hydrogen-bond donors (Lipinski definition) is 12. The van der Waals surface area contributed by atoms with E-state index >= 15 is 0 Å². The first kappa shape index (κ1) is 84.8. The van der Waals surface area contributed by atoms with Gasteiger partial charge >= 0.3 is 0 Å². The third-order valence-electron chi connectivity index (χ3n) is 23.5. The van der Waals surface area contributed by atoms with E-state index in [1.54, 1.807) is 6.92 Å². The van der Waals surface area contributed by atoms with Crippen LogP contribution in [0.1, 0.15) is 157 Å². The number of allylic oxidation sites excluding steroid dienone is 6. The molecule has 0 aliphatic carbocycles. The number of hydrogen-bond acceptors (Lipinski definition) is 25. The minimum absolute atomic E-state index is 0. The number of nitrogens with one attached hydrogen (secondary N) is 1. The van der Waals surface area contributed by atoms with Crippen molar-refractivity contribution in [1.29, 1.82) is 0 Å². The van der Waals surface area contributed by atoms with Crippen molar-refractivity contribution >= 4 is 94.3 Å². The Hall–Kier alpha value is -8.26. The number of nitrogen functional groups attached to an aromatic ring is 1. The van der Waals surface area contributed by atoms with Gasteiger partial charge in [0.25, 0.3) is 7.82 Å². The molecular formula is C72H100CoN18O17P-3. The van der Waals surface area contributed by atoms with E-state index in [2.05, 4.69) is 32.2 Å².